The lowest BCUT2D eigenvalue weighted by Crippen LogP contribution is -2.49. The molecule has 0 aromatic rings. The van der Waals surface area contributed by atoms with E-state index in [2.05, 4.69) is 17.5 Å². The zero-order valence-electron chi connectivity index (χ0n) is 10.6. The van der Waals surface area contributed by atoms with Gasteiger partial charge in [-0.15, -0.1) is 0 Å². The van der Waals surface area contributed by atoms with Gasteiger partial charge in [0.15, 0.2) is 6.10 Å². The fourth-order valence-electron chi connectivity index (χ4n) is 2.94. The van der Waals surface area contributed by atoms with Gasteiger partial charge in [0.25, 0.3) is 5.91 Å². The number of carbonyl (C=O) groups excluding carboxylic acids is 1. The third-order valence-corrected chi connectivity index (χ3v) is 4.13. The second-order valence-electron chi connectivity index (χ2n) is 5.47. The summed E-state index contributed by atoms with van der Waals surface area (Å²) in [4.78, 5) is 11.6. The Kier molecular flexibility index (Phi) is 4.57. The van der Waals surface area contributed by atoms with Gasteiger partial charge < -0.3 is 25.7 Å². The molecular weight excluding hydrogens is 250 g/mol. The lowest BCUT2D eigenvalue weighted by molar-refractivity contribution is -0.142. The van der Waals surface area contributed by atoms with Crippen LogP contribution in [-0.4, -0.2) is 57.8 Å². The summed E-state index contributed by atoms with van der Waals surface area (Å²) < 4.78 is 0. The van der Waals surface area contributed by atoms with E-state index in [1.54, 1.807) is 0 Å². The van der Waals surface area contributed by atoms with Crippen molar-refractivity contribution in [3.05, 3.63) is 12.2 Å². The van der Waals surface area contributed by atoms with Crippen molar-refractivity contribution in [1.82, 2.24) is 5.32 Å². The summed E-state index contributed by atoms with van der Waals surface area (Å²) in [6, 6.07) is 0. The van der Waals surface area contributed by atoms with E-state index in [1.807, 2.05) is 0 Å². The quantitative estimate of drug-likeness (QED) is 0.373. The number of amides is 1. The van der Waals surface area contributed by atoms with Crippen LogP contribution in [0.5, 0.6) is 0 Å². The molecule has 6 atom stereocenters. The molecule has 0 aliphatic heterocycles. The molecule has 108 valence electrons. The van der Waals surface area contributed by atoms with Crippen LogP contribution in [0.4, 0.5) is 0 Å². The van der Waals surface area contributed by atoms with Crippen LogP contribution in [0.2, 0.25) is 0 Å². The van der Waals surface area contributed by atoms with Crippen LogP contribution >= 0.6 is 0 Å². The lowest BCUT2D eigenvalue weighted by atomic mass is 9.93. The van der Waals surface area contributed by atoms with E-state index in [0.717, 1.165) is 12.8 Å². The molecule has 0 aromatic heterocycles. The predicted octanol–water partition coefficient (Wildman–Crippen LogP) is -1.61. The highest BCUT2D eigenvalue weighted by Gasteiger charge is 2.36. The van der Waals surface area contributed by atoms with Gasteiger partial charge in [-0.05, 0) is 30.6 Å². The highest BCUT2D eigenvalue weighted by Crippen LogP contribution is 2.42. The maximum Gasteiger partial charge on any atom is 0.251 e. The van der Waals surface area contributed by atoms with Gasteiger partial charge in [-0.2, -0.15) is 0 Å². The van der Waals surface area contributed by atoms with E-state index in [-0.39, 0.29) is 0 Å². The van der Waals surface area contributed by atoms with E-state index >= 15 is 0 Å². The van der Waals surface area contributed by atoms with Crippen LogP contribution in [-0.2, 0) is 4.79 Å². The number of hydrogen-bond acceptors (Lipinski definition) is 5. The fraction of sp³-hybridized carbons (Fsp3) is 0.769. The minimum Gasteiger partial charge on any atom is -0.394 e. The Morgan fingerprint density at radius 1 is 1.26 bits per heavy atom. The molecule has 6 heteroatoms. The van der Waals surface area contributed by atoms with Crippen LogP contribution in [0.1, 0.15) is 12.8 Å². The van der Waals surface area contributed by atoms with Crippen molar-refractivity contribution in [3.63, 3.8) is 0 Å². The summed E-state index contributed by atoms with van der Waals surface area (Å²) in [6.45, 7) is -0.244. The van der Waals surface area contributed by atoms with E-state index in [4.69, 9.17) is 10.2 Å². The predicted molar refractivity (Wildman–Crippen MR) is 67.0 cm³/mol. The molecule has 1 saturated carbocycles. The Morgan fingerprint density at radius 2 is 2.00 bits per heavy atom. The Bertz CT molecular complexity index is 359. The number of hydrogen-bond donors (Lipinski definition) is 5. The maximum atomic E-state index is 11.6. The first-order valence-electron chi connectivity index (χ1n) is 6.64. The number of fused-ring (bicyclic) bond motifs is 2. The number of allylic oxidation sites excluding steroid dienone is 2. The van der Waals surface area contributed by atoms with E-state index in [0.29, 0.717) is 24.3 Å². The van der Waals surface area contributed by atoms with Crippen molar-refractivity contribution in [1.29, 1.82) is 0 Å². The van der Waals surface area contributed by atoms with Crippen molar-refractivity contribution in [2.45, 2.75) is 31.2 Å². The Morgan fingerprint density at radius 3 is 2.53 bits per heavy atom. The van der Waals surface area contributed by atoms with Gasteiger partial charge >= 0.3 is 0 Å². The van der Waals surface area contributed by atoms with Crippen LogP contribution in [0.25, 0.3) is 0 Å². The van der Waals surface area contributed by atoms with E-state index < -0.39 is 30.8 Å². The number of carbonyl (C=O) groups is 1. The lowest BCUT2D eigenvalue weighted by Gasteiger charge is -2.23. The first kappa shape index (κ1) is 14.5. The first-order chi connectivity index (χ1) is 9.02. The normalized spacial score (nSPS) is 33.2. The highest BCUT2D eigenvalue weighted by molar-refractivity contribution is 5.81. The summed E-state index contributed by atoms with van der Waals surface area (Å²) in [7, 11) is 0. The standard InChI is InChI=1S/C13H21NO5/c15-6-10(16)11(17)12(18)13(19)14-5-9-4-7-1-2-8(9)3-7/h1-2,7-12,15-18H,3-6H2,(H,14,19). The average Bonchev–Trinajstić information content (AvgIpc) is 3.04. The molecule has 2 bridgehead atoms. The van der Waals surface area contributed by atoms with E-state index in [1.165, 1.54) is 0 Å². The zero-order valence-corrected chi connectivity index (χ0v) is 10.6. The first-order valence-corrected chi connectivity index (χ1v) is 6.64. The second kappa shape index (κ2) is 6.00. The number of aliphatic hydroxyl groups is 4. The Labute approximate surface area is 111 Å². The fourth-order valence-corrected chi connectivity index (χ4v) is 2.94. The molecule has 0 spiro atoms. The largest absolute Gasteiger partial charge is 0.394 e. The molecule has 0 heterocycles. The second-order valence-corrected chi connectivity index (χ2v) is 5.47. The van der Waals surface area contributed by atoms with Gasteiger partial charge in [0.05, 0.1) is 6.61 Å². The van der Waals surface area contributed by atoms with Gasteiger partial charge in [-0.3, -0.25) is 4.79 Å². The number of rotatable bonds is 6. The van der Waals surface area contributed by atoms with Crippen LogP contribution in [0.3, 0.4) is 0 Å². The molecule has 6 nitrogen and oxygen atoms in total. The highest BCUT2D eigenvalue weighted by atomic mass is 16.4. The third-order valence-electron chi connectivity index (χ3n) is 4.13. The van der Waals surface area contributed by atoms with Gasteiger partial charge in [0.2, 0.25) is 0 Å². The summed E-state index contributed by atoms with van der Waals surface area (Å²) in [5.74, 6) is 0.770. The molecule has 2 aliphatic rings. The molecule has 2 rings (SSSR count). The van der Waals surface area contributed by atoms with Crippen LogP contribution < -0.4 is 5.32 Å². The van der Waals surface area contributed by atoms with Crippen molar-refractivity contribution in [3.8, 4) is 0 Å². The minimum atomic E-state index is -1.73. The van der Waals surface area contributed by atoms with Gasteiger partial charge in [0.1, 0.15) is 12.2 Å². The topological polar surface area (TPSA) is 110 Å². The molecule has 0 aromatic carbocycles. The summed E-state index contributed by atoms with van der Waals surface area (Å²) >= 11 is 0. The van der Waals surface area contributed by atoms with Gasteiger partial charge in [-0.1, -0.05) is 12.2 Å². The van der Waals surface area contributed by atoms with Crippen molar-refractivity contribution in [2.75, 3.05) is 13.2 Å². The van der Waals surface area contributed by atoms with Gasteiger partial charge in [-0.25, -0.2) is 0 Å². The Hall–Kier alpha value is -0.950. The molecule has 19 heavy (non-hydrogen) atoms. The SMILES string of the molecule is O=C(NCC1CC2C=CC1C2)C(O)C(O)C(O)CO. The minimum absolute atomic E-state index is 0.381. The zero-order chi connectivity index (χ0) is 14.0. The van der Waals surface area contributed by atoms with Crippen molar-refractivity contribution < 1.29 is 25.2 Å². The van der Waals surface area contributed by atoms with Crippen molar-refractivity contribution >= 4 is 5.91 Å². The number of aliphatic hydroxyl groups excluding tert-OH is 4. The van der Waals surface area contributed by atoms with Gasteiger partial charge in [0, 0.05) is 6.54 Å². The van der Waals surface area contributed by atoms with Crippen LogP contribution in [0.15, 0.2) is 12.2 Å². The molecule has 6 unspecified atom stereocenters. The molecule has 5 N–H and O–H groups in total. The smallest absolute Gasteiger partial charge is 0.251 e. The molecule has 1 fully saturated rings. The molecular formula is C13H21NO5. The number of nitrogens with one attached hydrogen (secondary N) is 1. The maximum absolute atomic E-state index is 11.6. The average molecular weight is 271 g/mol. The monoisotopic (exact) mass is 271 g/mol. The summed E-state index contributed by atoms with van der Waals surface area (Å²) in [5, 5.41) is 39.4. The summed E-state index contributed by atoms with van der Waals surface area (Å²) in [6.07, 6.45) is 1.63. The third kappa shape index (κ3) is 3.14. The van der Waals surface area contributed by atoms with Crippen LogP contribution in [0, 0.1) is 17.8 Å². The molecule has 0 radical (unpaired) electrons. The Balaban J connectivity index is 1.76. The molecule has 2 aliphatic carbocycles. The molecule has 1 amide bonds. The molecule has 0 saturated heterocycles. The summed E-state index contributed by atoms with van der Waals surface area (Å²) in [5.41, 5.74) is 0. The van der Waals surface area contributed by atoms with Crippen molar-refractivity contribution in [2.24, 2.45) is 17.8 Å². The van der Waals surface area contributed by atoms with E-state index in [9.17, 15) is 15.0 Å².